The number of sulfone groups is 1. The second-order valence-electron chi connectivity index (χ2n) is 11.8. The van der Waals surface area contributed by atoms with Gasteiger partial charge in [0.05, 0.1) is 17.9 Å². The zero-order chi connectivity index (χ0) is 28.8. The van der Waals surface area contributed by atoms with Crippen molar-refractivity contribution in [3.05, 3.63) is 36.3 Å². The molecule has 2 fully saturated rings. The Labute approximate surface area is 235 Å². The molecule has 3 aromatic rings. The van der Waals surface area contributed by atoms with Gasteiger partial charge in [-0.15, -0.1) is 0 Å². The quantitative estimate of drug-likeness (QED) is 0.412. The van der Waals surface area contributed by atoms with Crippen molar-refractivity contribution in [3.63, 3.8) is 0 Å². The third kappa shape index (κ3) is 5.83. The predicted octanol–water partition coefficient (Wildman–Crippen LogP) is 3.85. The SMILES string of the molecule is CC(C)c1cnc(N2C[C@H](CCS(C)(=O)=O)[C@H]2C)c2cnc(Nc3ccnc(N4CC[C@@](C)(O)[C@@H](F)C4)n3)cc12. The number of aliphatic hydroxyl groups is 1. The van der Waals surface area contributed by atoms with Crippen molar-refractivity contribution in [2.45, 2.75) is 64.3 Å². The van der Waals surface area contributed by atoms with E-state index in [9.17, 15) is 17.9 Å². The smallest absolute Gasteiger partial charge is 0.227 e. The Morgan fingerprint density at radius 3 is 2.62 bits per heavy atom. The fraction of sp³-hybridized carbons (Fsp3) is 0.571. The normalized spacial score (nSPS) is 25.4. The van der Waals surface area contributed by atoms with Crippen LogP contribution < -0.4 is 15.1 Å². The number of hydrogen-bond donors (Lipinski definition) is 2. The van der Waals surface area contributed by atoms with Gasteiger partial charge < -0.3 is 20.2 Å². The number of piperidine rings is 1. The number of anilines is 4. The Morgan fingerprint density at radius 2 is 1.95 bits per heavy atom. The topological polar surface area (TPSA) is 124 Å². The van der Waals surface area contributed by atoms with E-state index in [0.29, 0.717) is 42.9 Å². The number of alkyl halides is 1. The molecule has 0 amide bonds. The minimum atomic E-state index is -2.99. The average molecular weight is 572 g/mol. The molecule has 10 nitrogen and oxygen atoms in total. The van der Waals surface area contributed by atoms with Gasteiger partial charge in [0.25, 0.3) is 0 Å². The molecule has 0 spiro atoms. The van der Waals surface area contributed by atoms with Gasteiger partial charge in [0.1, 0.15) is 33.5 Å². The Bertz CT molecular complexity index is 1500. The number of halogens is 1. The largest absolute Gasteiger partial charge is 0.387 e. The molecule has 0 bridgehead atoms. The van der Waals surface area contributed by atoms with Gasteiger partial charge in [-0.25, -0.2) is 27.8 Å². The minimum absolute atomic E-state index is 0.0300. The number of nitrogens with zero attached hydrogens (tertiary/aromatic N) is 6. The molecule has 12 heteroatoms. The summed E-state index contributed by atoms with van der Waals surface area (Å²) in [5, 5.41) is 15.4. The van der Waals surface area contributed by atoms with Gasteiger partial charge in [0.15, 0.2) is 0 Å². The first-order valence-corrected chi connectivity index (χ1v) is 15.8. The van der Waals surface area contributed by atoms with E-state index in [0.717, 1.165) is 28.7 Å². The second kappa shape index (κ2) is 10.7. The molecule has 0 saturated carbocycles. The van der Waals surface area contributed by atoms with Gasteiger partial charge in [-0.3, -0.25) is 0 Å². The van der Waals surface area contributed by atoms with Gasteiger partial charge in [0.2, 0.25) is 5.95 Å². The summed E-state index contributed by atoms with van der Waals surface area (Å²) in [6, 6.07) is 3.92. The summed E-state index contributed by atoms with van der Waals surface area (Å²) in [6.07, 6.45) is 6.21. The van der Waals surface area contributed by atoms with Crippen LogP contribution in [0, 0.1) is 5.92 Å². The summed E-state index contributed by atoms with van der Waals surface area (Å²) in [5.74, 6) is 3.15. The highest BCUT2D eigenvalue weighted by molar-refractivity contribution is 7.90. The summed E-state index contributed by atoms with van der Waals surface area (Å²) in [4.78, 5) is 22.3. The lowest BCUT2D eigenvalue weighted by Crippen LogP contribution is -2.55. The van der Waals surface area contributed by atoms with E-state index in [1.54, 1.807) is 17.2 Å². The van der Waals surface area contributed by atoms with E-state index in [1.807, 2.05) is 18.5 Å². The Hall–Kier alpha value is -3.12. The fourth-order valence-electron chi connectivity index (χ4n) is 5.45. The maximum absolute atomic E-state index is 14.4. The molecular formula is C28H38FN7O3S. The van der Waals surface area contributed by atoms with Gasteiger partial charge in [-0.1, -0.05) is 13.8 Å². The summed E-state index contributed by atoms with van der Waals surface area (Å²) in [7, 11) is -2.99. The van der Waals surface area contributed by atoms with Crippen molar-refractivity contribution in [2.75, 3.05) is 46.8 Å². The molecule has 2 saturated heterocycles. The van der Waals surface area contributed by atoms with E-state index in [-0.39, 0.29) is 24.3 Å². The van der Waals surface area contributed by atoms with Crippen LogP contribution >= 0.6 is 0 Å². The average Bonchev–Trinajstić information content (AvgIpc) is 2.88. The Balaban J connectivity index is 1.38. The number of hydrogen-bond acceptors (Lipinski definition) is 10. The van der Waals surface area contributed by atoms with E-state index >= 15 is 0 Å². The first-order valence-electron chi connectivity index (χ1n) is 13.8. The van der Waals surface area contributed by atoms with Crippen LogP contribution in [0.1, 0.15) is 52.0 Å². The maximum Gasteiger partial charge on any atom is 0.227 e. The molecule has 4 atom stereocenters. The molecule has 216 valence electrons. The second-order valence-corrected chi connectivity index (χ2v) is 14.0. The van der Waals surface area contributed by atoms with Crippen molar-refractivity contribution in [1.82, 2.24) is 19.9 Å². The first-order chi connectivity index (χ1) is 18.8. The van der Waals surface area contributed by atoms with Crippen LogP contribution in [-0.2, 0) is 9.84 Å². The van der Waals surface area contributed by atoms with Gasteiger partial charge >= 0.3 is 0 Å². The predicted molar refractivity (Wildman–Crippen MR) is 156 cm³/mol. The van der Waals surface area contributed by atoms with Gasteiger partial charge in [-0.05, 0) is 61.6 Å². The standard InChI is InChI=1S/C28H38FN7O3S/c1-17(2)21-13-32-26(36-15-19(18(36)3)7-11-40(5,38)39)22-14-31-25(12-20(21)22)33-24-6-9-30-27(34-24)35-10-8-28(4,37)23(29)16-35/h6,9,12-14,17-19,23,37H,7-8,10-11,15-16H2,1-5H3,(H,30,31,33,34)/t18-,19+,23+,28-/m1/s1. The fourth-order valence-corrected chi connectivity index (χ4v) is 6.18. The number of rotatable bonds is 8. The Morgan fingerprint density at radius 1 is 1.18 bits per heavy atom. The van der Waals surface area contributed by atoms with Crippen LogP contribution in [0.15, 0.2) is 30.7 Å². The molecule has 0 aliphatic carbocycles. The monoisotopic (exact) mass is 571 g/mol. The van der Waals surface area contributed by atoms with Crippen molar-refractivity contribution >= 4 is 44.0 Å². The summed E-state index contributed by atoms with van der Waals surface area (Å²) < 4.78 is 37.7. The first kappa shape index (κ1) is 28.4. The van der Waals surface area contributed by atoms with Crippen LogP contribution in [0.2, 0.25) is 0 Å². The van der Waals surface area contributed by atoms with Crippen LogP contribution in [-0.4, -0.2) is 82.9 Å². The van der Waals surface area contributed by atoms with Crippen LogP contribution in [0.3, 0.4) is 0 Å². The van der Waals surface area contributed by atoms with Crippen LogP contribution in [0.5, 0.6) is 0 Å². The van der Waals surface area contributed by atoms with E-state index < -0.39 is 21.6 Å². The van der Waals surface area contributed by atoms with Crippen LogP contribution in [0.4, 0.5) is 27.8 Å². The van der Waals surface area contributed by atoms with E-state index in [2.05, 4.69) is 45.9 Å². The van der Waals surface area contributed by atoms with E-state index in [4.69, 9.17) is 4.98 Å². The molecular weight excluding hydrogens is 533 g/mol. The Kier molecular flexibility index (Phi) is 7.60. The highest BCUT2D eigenvalue weighted by Crippen LogP contribution is 2.38. The highest BCUT2D eigenvalue weighted by Gasteiger charge is 2.39. The summed E-state index contributed by atoms with van der Waals surface area (Å²) in [5.41, 5.74) is -0.238. The number of aromatic nitrogens is 4. The molecule has 0 radical (unpaired) electrons. The number of fused-ring (bicyclic) bond motifs is 1. The third-order valence-corrected chi connectivity index (χ3v) is 9.24. The molecule has 2 N–H and O–H groups in total. The molecule has 5 heterocycles. The van der Waals surface area contributed by atoms with E-state index in [1.165, 1.54) is 13.2 Å². The molecule has 3 aromatic heterocycles. The lowest BCUT2D eigenvalue weighted by Gasteiger charge is -2.47. The number of pyridine rings is 2. The number of nitrogens with one attached hydrogen (secondary N) is 1. The highest BCUT2D eigenvalue weighted by atomic mass is 32.2. The van der Waals surface area contributed by atoms with Gasteiger partial charge in [0, 0.05) is 49.4 Å². The lowest BCUT2D eigenvalue weighted by molar-refractivity contribution is -0.0332. The molecule has 0 aromatic carbocycles. The zero-order valence-electron chi connectivity index (χ0n) is 23.7. The van der Waals surface area contributed by atoms with Crippen molar-refractivity contribution in [3.8, 4) is 0 Å². The lowest BCUT2D eigenvalue weighted by atomic mass is 9.87. The molecule has 2 aliphatic heterocycles. The van der Waals surface area contributed by atoms with Crippen LogP contribution in [0.25, 0.3) is 10.8 Å². The summed E-state index contributed by atoms with van der Waals surface area (Å²) >= 11 is 0. The third-order valence-electron chi connectivity index (χ3n) is 8.27. The van der Waals surface area contributed by atoms with Crippen molar-refractivity contribution < 1.29 is 17.9 Å². The molecule has 2 aliphatic rings. The zero-order valence-corrected chi connectivity index (χ0v) is 24.5. The summed E-state index contributed by atoms with van der Waals surface area (Å²) in [6.45, 7) is 9.14. The van der Waals surface area contributed by atoms with Crippen molar-refractivity contribution in [1.29, 1.82) is 0 Å². The van der Waals surface area contributed by atoms with Gasteiger partial charge in [-0.2, -0.15) is 4.98 Å². The minimum Gasteiger partial charge on any atom is -0.387 e. The molecule has 40 heavy (non-hydrogen) atoms. The van der Waals surface area contributed by atoms with Crippen molar-refractivity contribution in [2.24, 2.45) is 5.92 Å². The molecule has 0 unspecified atom stereocenters. The molecule has 5 rings (SSSR count). The maximum atomic E-state index is 14.4.